The van der Waals surface area contributed by atoms with Gasteiger partial charge in [0.15, 0.2) is 0 Å². The van der Waals surface area contributed by atoms with Gasteiger partial charge in [0.05, 0.1) is 31.4 Å². The molecule has 0 aliphatic carbocycles. The topological polar surface area (TPSA) is 106 Å². The predicted octanol–water partition coefficient (Wildman–Crippen LogP) is 1.11. The van der Waals surface area contributed by atoms with E-state index in [0.717, 1.165) is 6.42 Å². The summed E-state index contributed by atoms with van der Waals surface area (Å²) < 4.78 is 16.1. The van der Waals surface area contributed by atoms with Crippen LogP contribution in [0.15, 0.2) is 29.5 Å². The zero-order valence-corrected chi connectivity index (χ0v) is 16.5. The van der Waals surface area contributed by atoms with E-state index in [0.29, 0.717) is 34.9 Å². The summed E-state index contributed by atoms with van der Waals surface area (Å²) in [5, 5.41) is 5.65. The van der Waals surface area contributed by atoms with E-state index in [2.05, 4.69) is 10.6 Å². The molecular weight excluding hydrogens is 378 g/mol. The maximum absolute atomic E-state index is 13.0. The average molecular weight is 401 g/mol. The van der Waals surface area contributed by atoms with Gasteiger partial charge >= 0.3 is 12.0 Å². The Balaban J connectivity index is 1.90. The van der Waals surface area contributed by atoms with E-state index < -0.39 is 35.9 Å². The summed E-state index contributed by atoms with van der Waals surface area (Å²) in [7, 11) is 3.07. The second-order valence-corrected chi connectivity index (χ2v) is 7.16. The lowest BCUT2D eigenvalue weighted by molar-refractivity contribution is -0.136. The molecule has 3 aliphatic rings. The maximum atomic E-state index is 13.0. The van der Waals surface area contributed by atoms with Crippen molar-refractivity contribution in [3.8, 4) is 11.5 Å². The van der Waals surface area contributed by atoms with Gasteiger partial charge in [0.1, 0.15) is 24.3 Å². The Morgan fingerprint density at radius 1 is 1.21 bits per heavy atom. The number of hydrogen-bond donors (Lipinski definition) is 2. The van der Waals surface area contributed by atoms with Crippen molar-refractivity contribution in [1.29, 1.82) is 0 Å². The minimum atomic E-state index is -0.732. The molecule has 0 radical (unpaired) electrons. The Morgan fingerprint density at radius 2 is 2.00 bits per heavy atom. The number of fused-ring (bicyclic) bond motifs is 1. The number of methoxy groups -OCH3 is 2. The van der Waals surface area contributed by atoms with Crippen LogP contribution in [0.1, 0.15) is 24.8 Å². The first-order valence-corrected chi connectivity index (χ1v) is 9.50. The molecule has 1 aromatic carbocycles. The van der Waals surface area contributed by atoms with Crippen molar-refractivity contribution in [3.05, 3.63) is 35.0 Å². The number of imide groups is 1. The van der Waals surface area contributed by atoms with Gasteiger partial charge in [-0.05, 0) is 24.6 Å². The first-order valence-electron chi connectivity index (χ1n) is 9.50. The number of nitrogens with zero attached hydrogens (tertiary/aromatic N) is 1. The lowest BCUT2D eigenvalue weighted by Gasteiger charge is -2.46. The molecule has 1 fully saturated rings. The number of amides is 3. The van der Waals surface area contributed by atoms with E-state index >= 15 is 0 Å². The van der Waals surface area contributed by atoms with E-state index in [-0.39, 0.29) is 6.61 Å². The Hall–Kier alpha value is -3.23. The Bertz CT molecular complexity index is 911. The first-order chi connectivity index (χ1) is 14.0. The average Bonchev–Trinajstić information content (AvgIpc) is 3.09. The molecule has 3 unspecified atom stereocenters. The van der Waals surface area contributed by atoms with E-state index in [1.165, 1.54) is 7.11 Å². The quantitative estimate of drug-likeness (QED) is 0.712. The number of hydrogen-bond acceptors (Lipinski definition) is 7. The second kappa shape index (κ2) is 7.31. The highest BCUT2D eigenvalue weighted by Crippen LogP contribution is 2.47. The molecule has 3 atom stereocenters. The molecule has 4 rings (SSSR count). The van der Waals surface area contributed by atoms with Crippen molar-refractivity contribution in [2.24, 2.45) is 5.92 Å². The predicted molar refractivity (Wildman–Crippen MR) is 101 cm³/mol. The van der Waals surface area contributed by atoms with Crippen LogP contribution in [0.4, 0.5) is 4.79 Å². The molecule has 154 valence electrons. The third-order valence-corrected chi connectivity index (χ3v) is 5.59. The van der Waals surface area contributed by atoms with Gasteiger partial charge in [-0.1, -0.05) is 6.92 Å². The number of rotatable bonds is 5. The molecule has 2 N–H and O–H groups in total. The van der Waals surface area contributed by atoms with Gasteiger partial charge in [-0.3, -0.25) is 10.1 Å². The molecule has 3 aliphatic heterocycles. The molecule has 1 saturated heterocycles. The van der Waals surface area contributed by atoms with Gasteiger partial charge in [-0.25, -0.2) is 9.59 Å². The van der Waals surface area contributed by atoms with Crippen molar-refractivity contribution in [1.82, 2.24) is 15.5 Å². The molecule has 0 spiro atoms. The Kier molecular flexibility index (Phi) is 4.81. The lowest BCUT2D eigenvalue weighted by Crippen LogP contribution is -2.67. The van der Waals surface area contributed by atoms with Crippen LogP contribution < -0.4 is 20.1 Å². The summed E-state index contributed by atoms with van der Waals surface area (Å²) in [6, 6.07) is 4.80. The van der Waals surface area contributed by atoms with Gasteiger partial charge in [0.2, 0.25) is 5.91 Å². The van der Waals surface area contributed by atoms with E-state index in [9.17, 15) is 14.4 Å². The van der Waals surface area contributed by atoms with Gasteiger partial charge in [-0.15, -0.1) is 0 Å². The zero-order chi connectivity index (χ0) is 20.7. The molecule has 0 aromatic heterocycles. The van der Waals surface area contributed by atoms with Crippen LogP contribution in [0.2, 0.25) is 0 Å². The maximum Gasteiger partial charge on any atom is 0.336 e. The number of benzene rings is 1. The van der Waals surface area contributed by atoms with Gasteiger partial charge < -0.3 is 24.4 Å². The standard InChI is InChI=1S/C20H23N3O6/c1-4-7-23-17-16(18(24)22-20(23)26)14(15-12(21-17)9-29-19(15)25)11-8-10(27-2)5-6-13(11)28-3/h5-6,8,14,16-17,21H,4,7,9H2,1-3H3,(H,22,24,26). The molecule has 3 amide bonds. The fourth-order valence-electron chi connectivity index (χ4n) is 4.35. The number of ether oxygens (including phenoxy) is 3. The van der Waals surface area contributed by atoms with Crippen molar-refractivity contribution >= 4 is 17.9 Å². The summed E-state index contributed by atoms with van der Waals surface area (Å²) >= 11 is 0. The largest absolute Gasteiger partial charge is 0.497 e. The third-order valence-electron chi connectivity index (χ3n) is 5.59. The molecule has 0 bridgehead atoms. The number of carbonyl (C=O) groups is 3. The highest BCUT2D eigenvalue weighted by molar-refractivity contribution is 6.02. The van der Waals surface area contributed by atoms with Gasteiger partial charge in [0, 0.05) is 18.0 Å². The van der Waals surface area contributed by atoms with E-state index in [4.69, 9.17) is 14.2 Å². The summed E-state index contributed by atoms with van der Waals surface area (Å²) in [6.07, 6.45) is 0.131. The van der Waals surface area contributed by atoms with Crippen molar-refractivity contribution in [2.45, 2.75) is 25.4 Å². The minimum absolute atomic E-state index is 0.0793. The van der Waals surface area contributed by atoms with Gasteiger partial charge in [-0.2, -0.15) is 0 Å². The number of carbonyl (C=O) groups excluding carboxylic acids is 3. The van der Waals surface area contributed by atoms with Crippen LogP contribution in [-0.2, 0) is 14.3 Å². The Morgan fingerprint density at radius 3 is 2.69 bits per heavy atom. The van der Waals surface area contributed by atoms with Gasteiger partial charge in [0.25, 0.3) is 0 Å². The fourth-order valence-corrected chi connectivity index (χ4v) is 4.35. The SMILES string of the molecule is CCCN1C(=O)NC(=O)C2C(c3cc(OC)ccc3OC)C3=C(COC3=O)NC21. The number of nitrogens with one attached hydrogen (secondary N) is 2. The number of urea groups is 1. The monoisotopic (exact) mass is 401 g/mol. The summed E-state index contributed by atoms with van der Waals surface area (Å²) in [5.74, 6) is -1.21. The first kappa shape index (κ1) is 19.1. The second-order valence-electron chi connectivity index (χ2n) is 7.16. The lowest BCUT2D eigenvalue weighted by atomic mass is 9.74. The van der Waals surface area contributed by atoms with Crippen LogP contribution in [-0.4, -0.2) is 56.3 Å². The third kappa shape index (κ3) is 2.97. The van der Waals surface area contributed by atoms with Crippen molar-refractivity contribution in [3.63, 3.8) is 0 Å². The summed E-state index contributed by atoms with van der Waals surface area (Å²) in [4.78, 5) is 39.6. The summed E-state index contributed by atoms with van der Waals surface area (Å²) in [5.41, 5.74) is 1.61. The normalized spacial score (nSPS) is 25.7. The molecule has 0 saturated carbocycles. The fraction of sp³-hybridized carbons (Fsp3) is 0.450. The van der Waals surface area contributed by atoms with Crippen LogP contribution in [0.25, 0.3) is 0 Å². The van der Waals surface area contributed by atoms with Crippen LogP contribution >= 0.6 is 0 Å². The van der Waals surface area contributed by atoms with Crippen LogP contribution in [0.3, 0.4) is 0 Å². The number of esters is 1. The number of cyclic esters (lactones) is 1. The highest BCUT2D eigenvalue weighted by atomic mass is 16.5. The van der Waals surface area contributed by atoms with Crippen LogP contribution in [0.5, 0.6) is 11.5 Å². The van der Waals surface area contributed by atoms with Crippen LogP contribution in [0, 0.1) is 5.92 Å². The smallest absolute Gasteiger partial charge is 0.336 e. The molecule has 1 aromatic rings. The minimum Gasteiger partial charge on any atom is -0.497 e. The highest BCUT2D eigenvalue weighted by Gasteiger charge is 2.54. The molecular formula is C20H23N3O6. The van der Waals surface area contributed by atoms with E-state index in [1.54, 1.807) is 30.2 Å². The molecule has 9 nitrogen and oxygen atoms in total. The molecule has 3 heterocycles. The molecule has 9 heteroatoms. The molecule has 29 heavy (non-hydrogen) atoms. The van der Waals surface area contributed by atoms with Crippen molar-refractivity contribution < 1.29 is 28.6 Å². The Labute approximate surface area is 168 Å². The van der Waals surface area contributed by atoms with Crippen molar-refractivity contribution in [2.75, 3.05) is 27.4 Å². The zero-order valence-electron chi connectivity index (χ0n) is 16.5. The van der Waals surface area contributed by atoms with E-state index in [1.807, 2.05) is 6.92 Å². The summed E-state index contributed by atoms with van der Waals surface area (Å²) in [6.45, 7) is 2.50.